The molecule has 1 amide bonds. The summed E-state index contributed by atoms with van der Waals surface area (Å²) >= 11 is 0. The Kier molecular flexibility index (Phi) is 7.78. The van der Waals surface area contributed by atoms with Crippen molar-refractivity contribution in [3.8, 4) is 11.5 Å². The van der Waals surface area contributed by atoms with E-state index in [1.807, 2.05) is 38.1 Å². The molecule has 32 heavy (non-hydrogen) atoms. The van der Waals surface area contributed by atoms with Gasteiger partial charge in [0.2, 0.25) is 5.91 Å². The molecule has 0 heterocycles. The lowest BCUT2D eigenvalue weighted by Crippen LogP contribution is -2.38. The summed E-state index contributed by atoms with van der Waals surface area (Å²) in [4.78, 5) is 26.1. The van der Waals surface area contributed by atoms with Gasteiger partial charge in [-0.25, -0.2) is 4.79 Å². The summed E-state index contributed by atoms with van der Waals surface area (Å²) in [5, 5.41) is 3.05. The standard InChI is InChI=1S/C26H33NO5/c1-5-18(3)32-23-14-11-20(17-22(23)24(28)31-6-2)27-25(29)26(15-7-8-16-26)19-9-12-21(30-4)13-10-19/h9-14,17-18H,5-8,15-16H2,1-4H3,(H,27,29)/t18-/m1/s1. The second kappa shape index (κ2) is 10.5. The monoisotopic (exact) mass is 439 g/mol. The van der Waals surface area contributed by atoms with E-state index < -0.39 is 11.4 Å². The quantitative estimate of drug-likeness (QED) is 0.522. The Morgan fingerprint density at radius 1 is 1.06 bits per heavy atom. The molecule has 6 nitrogen and oxygen atoms in total. The molecule has 1 aliphatic rings. The fraction of sp³-hybridized carbons (Fsp3) is 0.462. The van der Waals surface area contributed by atoms with Crippen molar-refractivity contribution in [3.05, 3.63) is 53.6 Å². The molecule has 1 saturated carbocycles. The van der Waals surface area contributed by atoms with Crippen molar-refractivity contribution in [1.29, 1.82) is 0 Å². The molecule has 1 N–H and O–H groups in total. The summed E-state index contributed by atoms with van der Waals surface area (Å²) in [5.74, 6) is 0.693. The first-order valence-corrected chi connectivity index (χ1v) is 11.4. The molecule has 0 aromatic heterocycles. The molecule has 172 valence electrons. The number of carbonyl (C=O) groups excluding carboxylic acids is 2. The molecule has 1 aliphatic carbocycles. The van der Waals surface area contributed by atoms with E-state index in [2.05, 4.69) is 5.32 Å². The van der Waals surface area contributed by atoms with Gasteiger partial charge in [-0.1, -0.05) is 31.9 Å². The minimum absolute atomic E-state index is 0.0413. The van der Waals surface area contributed by atoms with Crippen molar-refractivity contribution >= 4 is 17.6 Å². The van der Waals surface area contributed by atoms with Crippen molar-refractivity contribution in [3.63, 3.8) is 0 Å². The van der Waals surface area contributed by atoms with Crippen molar-refractivity contribution in [1.82, 2.24) is 0 Å². The predicted octanol–water partition coefficient (Wildman–Crippen LogP) is 5.50. The molecule has 3 rings (SSSR count). The van der Waals surface area contributed by atoms with Gasteiger partial charge >= 0.3 is 5.97 Å². The first kappa shape index (κ1) is 23.6. The topological polar surface area (TPSA) is 73.9 Å². The first-order chi connectivity index (χ1) is 15.4. The Morgan fingerprint density at radius 3 is 2.34 bits per heavy atom. The number of ether oxygens (including phenoxy) is 3. The van der Waals surface area contributed by atoms with Crippen LogP contribution < -0.4 is 14.8 Å². The maximum absolute atomic E-state index is 13.5. The largest absolute Gasteiger partial charge is 0.497 e. The van der Waals surface area contributed by atoms with Crippen LogP contribution in [0.15, 0.2) is 42.5 Å². The minimum Gasteiger partial charge on any atom is -0.497 e. The molecular formula is C26H33NO5. The lowest BCUT2D eigenvalue weighted by molar-refractivity contribution is -0.121. The third-order valence-corrected chi connectivity index (χ3v) is 6.17. The Labute approximate surface area is 190 Å². The van der Waals surface area contributed by atoms with E-state index >= 15 is 0 Å². The van der Waals surface area contributed by atoms with Gasteiger partial charge in [-0.05, 0) is 69.0 Å². The number of benzene rings is 2. The second-order valence-electron chi connectivity index (χ2n) is 8.24. The summed E-state index contributed by atoms with van der Waals surface area (Å²) < 4.78 is 16.4. The van der Waals surface area contributed by atoms with E-state index in [4.69, 9.17) is 14.2 Å². The van der Waals surface area contributed by atoms with Crippen LogP contribution in [0.4, 0.5) is 5.69 Å². The molecular weight excluding hydrogens is 406 g/mol. The maximum atomic E-state index is 13.5. The molecule has 0 unspecified atom stereocenters. The molecule has 0 aliphatic heterocycles. The van der Waals surface area contributed by atoms with Crippen molar-refractivity contribution in [2.24, 2.45) is 0 Å². The van der Waals surface area contributed by atoms with E-state index in [9.17, 15) is 9.59 Å². The lowest BCUT2D eigenvalue weighted by atomic mass is 9.78. The summed E-state index contributed by atoms with van der Waals surface area (Å²) in [7, 11) is 1.63. The summed E-state index contributed by atoms with van der Waals surface area (Å²) in [5.41, 5.74) is 1.25. The zero-order valence-corrected chi connectivity index (χ0v) is 19.4. The van der Waals surface area contributed by atoms with Crippen LogP contribution in [0.3, 0.4) is 0 Å². The number of hydrogen-bond donors (Lipinski definition) is 1. The summed E-state index contributed by atoms with van der Waals surface area (Å²) in [6.07, 6.45) is 4.33. The average molecular weight is 440 g/mol. The predicted molar refractivity (Wildman–Crippen MR) is 125 cm³/mol. The van der Waals surface area contributed by atoms with Crippen LogP contribution in [0.1, 0.15) is 68.8 Å². The Hall–Kier alpha value is -3.02. The highest BCUT2D eigenvalue weighted by Crippen LogP contribution is 2.42. The molecule has 1 atom stereocenters. The van der Waals surface area contributed by atoms with Gasteiger partial charge in [-0.15, -0.1) is 0 Å². The van der Waals surface area contributed by atoms with Crippen molar-refractivity contribution in [2.45, 2.75) is 64.4 Å². The SMILES string of the molecule is CCOC(=O)c1cc(NC(=O)C2(c3ccc(OC)cc3)CCCC2)ccc1O[C@H](C)CC. The van der Waals surface area contributed by atoms with Gasteiger partial charge in [-0.2, -0.15) is 0 Å². The van der Waals surface area contributed by atoms with Gasteiger partial charge in [0.25, 0.3) is 0 Å². The van der Waals surface area contributed by atoms with Crippen molar-refractivity contribution < 1.29 is 23.8 Å². The highest BCUT2D eigenvalue weighted by atomic mass is 16.5. The number of carbonyl (C=O) groups is 2. The van der Waals surface area contributed by atoms with Crippen LogP contribution in [0.25, 0.3) is 0 Å². The average Bonchev–Trinajstić information content (AvgIpc) is 3.31. The molecule has 0 bridgehead atoms. The normalized spacial score (nSPS) is 15.6. The zero-order chi connectivity index (χ0) is 23.1. The summed E-state index contributed by atoms with van der Waals surface area (Å²) in [6, 6.07) is 12.9. The van der Waals surface area contributed by atoms with Crippen LogP contribution in [-0.4, -0.2) is 31.7 Å². The van der Waals surface area contributed by atoms with E-state index in [0.717, 1.165) is 43.4 Å². The highest BCUT2D eigenvalue weighted by molar-refractivity contribution is 6.01. The van der Waals surface area contributed by atoms with Gasteiger partial charge in [0.05, 0.1) is 25.2 Å². The van der Waals surface area contributed by atoms with Gasteiger partial charge in [-0.3, -0.25) is 4.79 Å². The van der Waals surface area contributed by atoms with Crippen LogP contribution in [0.5, 0.6) is 11.5 Å². The van der Waals surface area contributed by atoms with Crippen molar-refractivity contribution in [2.75, 3.05) is 19.0 Å². The second-order valence-corrected chi connectivity index (χ2v) is 8.24. The molecule has 0 radical (unpaired) electrons. The fourth-order valence-electron chi connectivity index (χ4n) is 4.17. The molecule has 2 aromatic carbocycles. The van der Waals surface area contributed by atoms with E-state index in [1.54, 1.807) is 32.2 Å². The number of nitrogens with one attached hydrogen (secondary N) is 1. The zero-order valence-electron chi connectivity index (χ0n) is 19.4. The third-order valence-electron chi connectivity index (χ3n) is 6.17. The van der Waals surface area contributed by atoms with E-state index in [1.165, 1.54) is 0 Å². The van der Waals surface area contributed by atoms with Gasteiger partial charge in [0, 0.05) is 5.69 Å². The van der Waals surface area contributed by atoms with Gasteiger partial charge in [0.1, 0.15) is 17.1 Å². The molecule has 0 saturated heterocycles. The lowest BCUT2D eigenvalue weighted by Gasteiger charge is -2.28. The maximum Gasteiger partial charge on any atom is 0.341 e. The molecule has 1 fully saturated rings. The molecule has 2 aromatic rings. The number of rotatable bonds is 9. The number of methoxy groups -OCH3 is 1. The number of amides is 1. The van der Waals surface area contributed by atoms with E-state index in [-0.39, 0.29) is 18.6 Å². The van der Waals surface area contributed by atoms with Crippen LogP contribution in [-0.2, 0) is 14.9 Å². The van der Waals surface area contributed by atoms with Crippen LogP contribution in [0.2, 0.25) is 0 Å². The van der Waals surface area contributed by atoms with Gasteiger partial charge < -0.3 is 19.5 Å². The Bertz CT molecular complexity index is 932. The summed E-state index contributed by atoms with van der Waals surface area (Å²) in [6.45, 7) is 5.99. The van der Waals surface area contributed by atoms with Gasteiger partial charge in [0.15, 0.2) is 0 Å². The Balaban J connectivity index is 1.89. The minimum atomic E-state index is -0.595. The third kappa shape index (κ3) is 5.06. The van der Waals surface area contributed by atoms with Crippen LogP contribution >= 0.6 is 0 Å². The Morgan fingerprint density at radius 2 is 1.75 bits per heavy atom. The fourth-order valence-corrected chi connectivity index (χ4v) is 4.17. The number of hydrogen-bond acceptors (Lipinski definition) is 5. The molecule has 6 heteroatoms. The number of anilines is 1. The highest BCUT2D eigenvalue weighted by Gasteiger charge is 2.42. The number of esters is 1. The van der Waals surface area contributed by atoms with Crippen LogP contribution in [0, 0.1) is 0 Å². The first-order valence-electron chi connectivity index (χ1n) is 11.4. The smallest absolute Gasteiger partial charge is 0.341 e. The molecule has 0 spiro atoms. The van der Waals surface area contributed by atoms with E-state index in [0.29, 0.717) is 17.0 Å².